The Labute approximate surface area is 142 Å². The highest BCUT2D eigenvalue weighted by Crippen LogP contribution is 2.41. The molecule has 0 bridgehead atoms. The fraction of sp³-hybridized carbons (Fsp3) is 0.300. The molecule has 1 heterocycles. The number of hydrogen-bond acceptors (Lipinski definition) is 3. The van der Waals surface area contributed by atoms with Crippen LogP contribution in [0.25, 0.3) is 0 Å². The summed E-state index contributed by atoms with van der Waals surface area (Å²) in [6.45, 7) is 3.14. The van der Waals surface area contributed by atoms with E-state index in [0.717, 1.165) is 11.1 Å². The van der Waals surface area contributed by atoms with Gasteiger partial charge >= 0.3 is 0 Å². The molecule has 1 aliphatic rings. The number of carbonyl (C=O) groups is 2. The molecule has 1 saturated heterocycles. The summed E-state index contributed by atoms with van der Waals surface area (Å²) in [4.78, 5) is 27.2. The molecule has 0 aromatic heterocycles. The molecule has 2 unspecified atom stereocenters. The second-order valence-electron chi connectivity index (χ2n) is 5.80. The highest BCUT2D eigenvalue weighted by Gasteiger charge is 2.48. The van der Waals surface area contributed by atoms with Crippen molar-refractivity contribution in [2.75, 3.05) is 19.8 Å². The van der Waals surface area contributed by atoms with Gasteiger partial charge in [-0.3, -0.25) is 14.5 Å². The van der Waals surface area contributed by atoms with Gasteiger partial charge in [0.25, 0.3) is 0 Å². The maximum atomic E-state index is 12.9. The van der Waals surface area contributed by atoms with E-state index in [9.17, 15) is 9.59 Å². The molecule has 2 atom stereocenters. The number of nitrogens with zero attached hydrogens (tertiary/aromatic N) is 1. The van der Waals surface area contributed by atoms with Crippen LogP contribution in [-0.4, -0.2) is 36.5 Å². The third-order valence-electron chi connectivity index (χ3n) is 4.38. The van der Waals surface area contributed by atoms with Crippen molar-refractivity contribution in [3.63, 3.8) is 0 Å². The topological polar surface area (TPSA) is 46.6 Å². The molecule has 0 spiro atoms. The Morgan fingerprint density at radius 1 is 0.833 bits per heavy atom. The predicted molar refractivity (Wildman–Crippen MR) is 91.6 cm³/mol. The minimum absolute atomic E-state index is 0.139. The van der Waals surface area contributed by atoms with E-state index in [2.05, 4.69) is 0 Å². The van der Waals surface area contributed by atoms with Gasteiger partial charge in [0.15, 0.2) is 0 Å². The van der Waals surface area contributed by atoms with E-state index in [1.54, 1.807) is 0 Å². The largest absolute Gasteiger partial charge is 0.380 e. The smallest absolute Gasteiger partial charge is 0.237 e. The van der Waals surface area contributed by atoms with Gasteiger partial charge in [-0.2, -0.15) is 0 Å². The number of hydrogen-bond donors (Lipinski definition) is 0. The molecule has 0 N–H and O–H groups in total. The summed E-state index contributed by atoms with van der Waals surface area (Å²) in [5.41, 5.74) is 1.76. The van der Waals surface area contributed by atoms with Gasteiger partial charge in [0, 0.05) is 6.61 Å². The van der Waals surface area contributed by atoms with Gasteiger partial charge in [-0.15, -0.1) is 0 Å². The molecule has 0 radical (unpaired) electrons. The molecule has 3 rings (SSSR count). The standard InChI is InChI=1S/C20H21NO3/c1-2-24-14-13-21-19(22)17(15-9-5-3-6-10-15)18(20(21)23)16-11-7-4-8-12-16/h3-12,17-18H,2,13-14H2,1H3. The van der Waals surface area contributed by atoms with Crippen LogP contribution in [0.3, 0.4) is 0 Å². The Kier molecular flexibility index (Phi) is 5.06. The monoisotopic (exact) mass is 323 g/mol. The van der Waals surface area contributed by atoms with Crippen LogP contribution in [0.2, 0.25) is 0 Å². The van der Waals surface area contributed by atoms with E-state index in [1.807, 2.05) is 67.6 Å². The SMILES string of the molecule is CCOCCN1C(=O)C(c2ccccc2)C(c2ccccc2)C1=O. The quantitative estimate of drug-likeness (QED) is 0.606. The summed E-state index contributed by atoms with van der Waals surface area (Å²) in [6.07, 6.45) is 0. The first kappa shape index (κ1) is 16.4. The van der Waals surface area contributed by atoms with Gasteiger partial charge in [-0.1, -0.05) is 60.7 Å². The minimum Gasteiger partial charge on any atom is -0.380 e. The molecule has 1 fully saturated rings. The summed E-state index contributed by atoms with van der Waals surface area (Å²) >= 11 is 0. The number of ether oxygens (including phenoxy) is 1. The Balaban J connectivity index is 1.96. The van der Waals surface area contributed by atoms with E-state index in [-0.39, 0.29) is 11.8 Å². The second kappa shape index (κ2) is 7.41. The average Bonchev–Trinajstić information content (AvgIpc) is 2.88. The second-order valence-corrected chi connectivity index (χ2v) is 5.80. The van der Waals surface area contributed by atoms with Crippen molar-refractivity contribution >= 4 is 11.8 Å². The molecule has 4 nitrogen and oxygen atoms in total. The van der Waals surface area contributed by atoms with Crippen molar-refractivity contribution < 1.29 is 14.3 Å². The molecule has 2 aromatic rings. The van der Waals surface area contributed by atoms with Crippen LogP contribution in [0.1, 0.15) is 29.9 Å². The van der Waals surface area contributed by atoms with Gasteiger partial charge in [-0.05, 0) is 18.1 Å². The van der Waals surface area contributed by atoms with Crippen LogP contribution in [0.4, 0.5) is 0 Å². The van der Waals surface area contributed by atoms with Gasteiger partial charge in [0.05, 0.1) is 25.0 Å². The normalized spacial score (nSPS) is 20.6. The number of likely N-dealkylation sites (tertiary alicyclic amines) is 1. The van der Waals surface area contributed by atoms with Crippen LogP contribution in [-0.2, 0) is 14.3 Å². The summed E-state index contributed by atoms with van der Waals surface area (Å²) in [5, 5.41) is 0. The van der Waals surface area contributed by atoms with Crippen LogP contribution < -0.4 is 0 Å². The summed E-state index contributed by atoms with van der Waals surface area (Å²) in [5.74, 6) is -1.22. The van der Waals surface area contributed by atoms with Crippen LogP contribution >= 0.6 is 0 Å². The summed E-state index contributed by atoms with van der Waals surface area (Å²) in [7, 11) is 0. The van der Waals surface area contributed by atoms with Gasteiger partial charge in [-0.25, -0.2) is 0 Å². The Morgan fingerprint density at radius 2 is 1.29 bits per heavy atom. The number of imide groups is 1. The highest BCUT2D eigenvalue weighted by atomic mass is 16.5. The summed E-state index contributed by atoms with van der Waals surface area (Å²) in [6, 6.07) is 19.1. The zero-order valence-electron chi connectivity index (χ0n) is 13.7. The number of benzene rings is 2. The molecule has 4 heteroatoms. The van der Waals surface area contributed by atoms with Crippen molar-refractivity contribution in [1.29, 1.82) is 0 Å². The molecular weight excluding hydrogens is 302 g/mol. The lowest BCUT2D eigenvalue weighted by Crippen LogP contribution is -2.34. The Hall–Kier alpha value is -2.46. The van der Waals surface area contributed by atoms with Gasteiger partial charge < -0.3 is 4.74 Å². The lowest BCUT2D eigenvalue weighted by atomic mass is 9.83. The first-order valence-electron chi connectivity index (χ1n) is 8.27. The Bertz CT molecular complexity index is 642. The molecule has 2 aromatic carbocycles. The molecule has 0 saturated carbocycles. The molecule has 0 aliphatic carbocycles. The van der Waals surface area contributed by atoms with Crippen molar-refractivity contribution in [1.82, 2.24) is 4.90 Å². The third-order valence-corrected chi connectivity index (χ3v) is 4.38. The van der Waals surface area contributed by atoms with Crippen molar-refractivity contribution in [2.45, 2.75) is 18.8 Å². The highest BCUT2D eigenvalue weighted by molar-refractivity contribution is 6.10. The average molecular weight is 323 g/mol. The van der Waals surface area contributed by atoms with E-state index < -0.39 is 11.8 Å². The minimum atomic E-state index is -0.470. The van der Waals surface area contributed by atoms with Crippen LogP contribution in [0.15, 0.2) is 60.7 Å². The molecule has 24 heavy (non-hydrogen) atoms. The van der Waals surface area contributed by atoms with E-state index in [1.165, 1.54) is 4.90 Å². The number of carbonyl (C=O) groups excluding carboxylic acids is 2. The van der Waals surface area contributed by atoms with Gasteiger partial charge in [0.2, 0.25) is 11.8 Å². The van der Waals surface area contributed by atoms with Crippen LogP contribution in [0.5, 0.6) is 0 Å². The van der Waals surface area contributed by atoms with E-state index in [0.29, 0.717) is 19.8 Å². The first-order chi connectivity index (χ1) is 11.7. The van der Waals surface area contributed by atoms with Crippen molar-refractivity contribution in [3.05, 3.63) is 71.8 Å². The number of amides is 2. The van der Waals surface area contributed by atoms with E-state index in [4.69, 9.17) is 4.74 Å². The van der Waals surface area contributed by atoms with E-state index >= 15 is 0 Å². The maximum absolute atomic E-state index is 12.9. The molecular formula is C20H21NO3. The predicted octanol–water partition coefficient (Wildman–Crippen LogP) is 2.96. The van der Waals surface area contributed by atoms with Crippen molar-refractivity contribution in [2.24, 2.45) is 0 Å². The summed E-state index contributed by atoms with van der Waals surface area (Å²) < 4.78 is 5.33. The third kappa shape index (κ3) is 3.10. The fourth-order valence-corrected chi connectivity index (χ4v) is 3.24. The lowest BCUT2D eigenvalue weighted by Gasteiger charge is -2.15. The molecule has 2 amide bonds. The zero-order valence-corrected chi connectivity index (χ0v) is 13.7. The van der Waals surface area contributed by atoms with Crippen LogP contribution in [0, 0.1) is 0 Å². The maximum Gasteiger partial charge on any atom is 0.237 e. The van der Waals surface area contributed by atoms with Crippen molar-refractivity contribution in [3.8, 4) is 0 Å². The number of rotatable bonds is 6. The van der Waals surface area contributed by atoms with Gasteiger partial charge in [0.1, 0.15) is 0 Å². The molecule has 1 aliphatic heterocycles. The molecule has 124 valence electrons. The lowest BCUT2D eigenvalue weighted by molar-refractivity contribution is -0.139. The first-order valence-corrected chi connectivity index (χ1v) is 8.27. The Morgan fingerprint density at radius 3 is 1.71 bits per heavy atom. The fourth-order valence-electron chi connectivity index (χ4n) is 3.24. The zero-order chi connectivity index (χ0) is 16.9.